The largest absolute Gasteiger partial charge is 0.361 e. The molecule has 7 heteroatoms. The minimum atomic E-state index is -2.84. The maximum atomic E-state index is 12.5. The highest BCUT2D eigenvalue weighted by molar-refractivity contribution is 7.91. The second kappa shape index (κ2) is 6.46. The minimum absolute atomic E-state index is 0.0370. The van der Waals surface area contributed by atoms with Crippen LogP contribution in [0.4, 0.5) is 0 Å². The van der Waals surface area contributed by atoms with E-state index in [0.29, 0.717) is 17.1 Å². The molecule has 0 unspecified atom stereocenters. The standard InChI is InChI=1S/C18H23N3O3S/c22-18(14-1-2-17-13(11-14)3-7-19-17)20-15-4-8-21(9-5-15)16-6-10-25(23,24)12-16/h1-3,7,11,15-16,19H,4-6,8-10,12H2,(H,20,22)/t16-/m0/s1. The number of benzene rings is 1. The Morgan fingerprint density at radius 3 is 2.68 bits per heavy atom. The van der Waals surface area contributed by atoms with Crippen LogP contribution in [0.1, 0.15) is 29.6 Å². The minimum Gasteiger partial charge on any atom is -0.361 e. The maximum absolute atomic E-state index is 12.5. The van der Waals surface area contributed by atoms with E-state index in [-0.39, 0.29) is 18.0 Å². The lowest BCUT2D eigenvalue weighted by Gasteiger charge is -2.35. The summed E-state index contributed by atoms with van der Waals surface area (Å²) >= 11 is 0. The summed E-state index contributed by atoms with van der Waals surface area (Å²) in [6.07, 6.45) is 4.35. The number of piperidine rings is 1. The van der Waals surface area contributed by atoms with Gasteiger partial charge in [-0.3, -0.25) is 9.69 Å². The highest BCUT2D eigenvalue weighted by Gasteiger charge is 2.34. The Bertz CT molecular complexity index is 882. The molecule has 0 bridgehead atoms. The van der Waals surface area contributed by atoms with Crippen molar-refractivity contribution in [2.24, 2.45) is 0 Å². The van der Waals surface area contributed by atoms with Gasteiger partial charge in [0.25, 0.3) is 5.91 Å². The number of nitrogens with one attached hydrogen (secondary N) is 2. The molecule has 3 heterocycles. The van der Waals surface area contributed by atoms with Crippen molar-refractivity contribution in [3.8, 4) is 0 Å². The van der Waals surface area contributed by atoms with Crippen LogP contribution >= 0.6 is 0 Å². The van der Waals surface area contributed by atoms with Crippen LogP contribution in [0.2, 0.25) is 0 Å². The van der Waals surface area contributed by atoms with Crippen LogP contribution < -0.4 is 5.32 Å². The topological polar surface area (TPSA) is 82.3 Å². The van der Waals surface area contributed by atoms with Gasteiger partial charge in [-0.2, -0.15) is 0 Å². The van der Waals surface area contributed by atoms with E-state index in [9.17, 15) is 13.2 Å². The number of likely N-dealkylation sites (tertiary alicyclic amines) is 1. The van der Waals surface area contributed by atoms with Crippen molar-refractivity contribution in [3.63, 3.8) is 0 Å². The third kappa shape index (κ3) is 3.57. The summed E-state index contributed by atoms with van der Waals surface area (Å²) in [6.45, 7) is 1.70. The summed E-state index contributed by atoms with van der Waals surface area (Å²) in [6, 6.07) is 7.95. The lowest BCUT2D eigenvalue weighted by Crippen LogP contribution is -2.48. The van der Waals surface area contributed by atoms with E-state index in [1.165, 1.54) is 0 Å². The summed E-state index contributed by atoms with van der Waals surface area (Å²) in [4.78, 5) is 17.9. The summed E-state index contributed by atoms with van der Waals surface area (Å²) in [7, 11) is -2.84. The number of nitrogens with zero attached hydrogens (tertiary/aromatic N) is 1. The average molecular weight is 361 g/mol. The molecular weight excluding hydrogens is 338 g/mol. The van der Waals surface area contributed by atoms with E-state index in [1.807, 2.05) is 30.5 Å². The fourth-order valence-corrected chi connectivity index (χ4v) is 5.70. The Hall–Kier alpha value is -1.86. The van der Waals surface area contributed by atoms with Gasteiger partial charge in [0, 0.05) is 47.8 Å². The quantitative estimate of drug-likeness (QED) is 0.869. The Kier molecular flexibility index (Phi) is 4.29. The maximum Gasteiger partial charge on any atom is 0.251 e. The first-order valence-electron chi connectivity index (χ1n) is 8.83. The zero-order valence-corrected chi connectivity index (χ0v) is 14.9. The van der Waals surface area contributed by atoms with Crippen molar-refractivity contribution in [2.45, 2.75) is 31.3 Å². The van der Waals surface area contributed by atoms with E-state index in [4.69, 9.17) is 0 Å². The summed E-state index contributed by atoms with van der Waals surface area (Å²) in [5.74, 6) is 0.571. The van der Waals surface area contributed by atoms with Gasteiger partial charge in [-0.05, 0) is 43.5 Å². The van der Waals surface area contributed by atoms with Crippen molar-refractivity contribution in [1.82, 2.24) is 15.2 Å². The van der Waals surface area contributed by atoms with E-state index < -0.39 is 9.84 Å². The van der Waals surface area contributed by atoms with Gasteiger partial charge in [0.1, 0.15) is 0 Å². The fraction of sp³-hybridized carbons (Fsp3) is 0.500. The number of carbonyl (C=O) groups excluding carboxylic acids is 1. The molecule has 0 spiro atoms. The Morgan fingerprint density at radius 2 is 1.96 bits per heavy atom. The lowest BCUT2D eigenvalue weighted by molar-refractivity contribution is 0.0898. The smallest absolute Gasteiger partial charge is 0.251 e. The van der Waals surface area contributed by atoms with Gasteiger partial charge in [0.2, 0.25) is 0 Å². The summed E-state index contributed by atoms with van der Waals surface area (Å²) in [5.41, 5.74) is 1.70. The molecule has 2 N–H and O–H groups in total. The van der Waals surface area contributed by atoms with Gasteiger partial charge in [-0.25, -0.2) is 8.42 Å². The number of hydrogen-bond acceptors (Lipinski definition) is 4. The van der Waals surface area contributed by atoms with E-state index in [0.717, 1.165) is 43.3 Å². The number of fused-ring (bicyclic) bond motifs is 1. The molecule has 0 radical (unpaired) electrons. The molecule has 1 atom stereocenters. The van der Waals surface area contributed by atoms with Crippen molar-refractivity contribution in [2.75, 3.05) is 24.6 Å². The van der Waals surface area contributed by atoms with Crippen molar-refractivity contribution < 1.29 is 13.2 Å². The molecule has 2 aliphatic rings. The van der Waals surface area contributed by atoms with Crippen LogP contribution in [0.15, 0.2) is 30.5 Å². The zero-order valence-electron chi connectivity index (χ0n) is 14.1. The molecule has 1 amide bonds. The molecule has 1 aromatic carbocycles. The Morgan fingerprint density at radius 1 is 1.16 bits per heavy atom. The third-order valence-corrected chi connectivity index (χ3v) is 7.16. The monoisotopic (exact) mass is 361 g/mol. The molecule has 25 heavy (non-hydrogen) atoms. The van der Waals surface area contributed by atoms with E-state index in [2.05, 4.69) is 15.2 Å². The molecule has 4 rings (SSSR count). The molecule has 2 fully saturated rings. The number of aromatic amines is 1. The number of rotatable bonds is 3. The first-order chi connectivity index (χ1) is 12.0. The highest BCUT2D eigenvalue weighted by atomic mass is 32.2. The number of carbonyl (C=O) groups is 1. The molecule has 2 saturated heterocycles. The Labute approximate surface area is 147 Å². The van der Waals surface area contributed by atoms with Gasteiger partial charge < -0.3 is 10.3 Å². The zero-order chi connectivity index (χ0) is 17.4. The second-order valence-corrected chi connectivity index (χ2v) is 9.35. The van der Waals surface area contributed by atoms with Gasteiger partial charge in [0.15, 0.2) is 9.84 Å². The first-order valence-corrected chi connectivity index (χ1v) is 10.6. The predicted octanol–water partition coefficient (Wildman–Crippen LogP) is 1.55. The van der Waals surface area contributed by atoms with Crippen LogP contribution in [0.25, 0.3) is 10.9 Å². The molecule has 1 aromatic heterocycles. The molecule has 2 aliphatic heterocycles. The lowest BCUT2D eigenvalue weighted by atomic mass is 10.0. The number of H-pyrrole nitrogens is 1. The van der Waals surface area contributed by atoms with Crippen LogP contribution in [0.5, 0.6) is 0 Å². The molecule has 2 aromatic rings. The van der Waals surface area contributed by atoms with Crippen molar-refractivity contribution in [1.29, 1.82) is 0 Å². The fourth-order valence-electron chi connectivity index (χ4n) is 3.94. The van der Waals surface area contributed by atoms with Crippen LogP contribution in [0, 0.1) is 0 Å². The number of amides is 1. The van der Waals surface area contributed by atoms with Crippen molar-refractivity contribution >= 4 is 26.6 Å². The SMILES string of the molecule is O=C(NC1CCN([C@H]2CCS(=O)(=O)C2)CC1)c1ccc2[nH]ccc2c1. The van der Waals surface area contributed by atoms with E-state index in [1.54, 1.807) is 0 Å². The molecular formula is C18H23N3O3S. The van der Waals surface area contributed by atoms with Crippen LogP contribution in [-0.2, 0) is 9.84 Å². The number of hydrogen-bond donors (Lipinski definition) is 2. The van der Waals surface area contributed by atoms with Gasteiger partial charge in [-0.1, -0.05) is 0 Å². The van der Waals surface area contributed by atoms with E-state index >= 15 is 0 Å². The number of aromatic nitrogens is 1. The van der Waals surface area contributed by atoms with Gasteiger partial charge >= 0.3 is 0 Å². The molecule has 0 aliphatic carbocycles. The third-order valence-electron chi connectivity index (χ3n) is 5.41. The van der Waals surface area contributed by atoms with Crippen LogP contribution in [-0.4, -0.2) is 60.9 Å². The average Bonchev–Trinajstić information content (AvgIpc) is 3.20. The summed E-state index contributed by atoms with van der Waals surface area (Å²) in [5, 5.41) is 4.16. The number of sulfone groups is 1. The van der Waals surface area contributed by atoms with Gasteiger partial charge in [-0.15, -0.1) is 0 Å². The first kappa shape index (κ1) is 16.6. The molecule has 6 nitrogen and oxygen atoms in total. The predicted molar refractivity (Wildman–Crippen MR) is 97.4 cm³/mol. The van der Waals surface area contributed by atoms with Crippen molar-refractivity contribution in [3.05, 3.63) is 36.0 Å². The van der Waals surface area contributed by atoms with Crippen LogP contribution in [0.3, 0.4) is 0 Å². The summed E-state index contributed by atoms with van der Waals surface area (Å²) < 4.78 is 23.3. The normalized spacial score (nSPS) is 24.6. The second-order valence-electron chi connectivity index (χ2n) is 7.12. The molecule has 0 saturated carbocycles. The Balaban J connectivity index is 1.33. The highest BCUT2D eigenvalue weighted by Crippen LogP contribution is 2.22. The molecule has 134 valence electrons. The van der Waals surface area contributed by atoms with Gasteiger partial charge in [0.05, 0.1) is 11.5 Å².